The SMILES string of the molecule is C=C1CCC(N2Cc3cc(CCC(=O)Cc4ccc(C)c(O)c4)ccc3C2=O)C(=O)N1. The molecule has 160 valence electrons. The number of hydrogen-bond donors (Lipinski definition) is 2. The van der Waals surface area contributed by atoms with Gasteiger partial charge in [-0.1, -0.05) is 30.8 Å². The summed E-state index contributed by atoms with van der Waals surface area (Å²) in [4.78, 5) is 39.1. The van der Waals surface area contributed by atoms with Gasteiger partial charge in [-0.15, -0.1) is 0 Å². The second-order valence-electron chi connectivity index (χ2n) is 8.41. The molecule has 2 aliphatic rings. The van der Waals surface area contributed by atoms with E-state index in [0.29, 0.717) is 43.5 Å². The molecule has 1 atom stereocenters. The topological polar surface area (TPSA) is 86.7 Å². The molecule has 2 heterocycles. The van der Waals surface area contributed by atoms with Crippen molar-refractivity contribution in [2.75, 3.05) is 0 Å². The van der Waals surface area contributed by atoms with Gasteiger partial charge in [0.05, 0.1) is 0 Å². The largest absolute Gasteiger partial charge is 0.508 e. The summed E-state index contributed by atoms with van der Waals surface area (Å²) in [6.07, 6.45) is 2.51. The Kier molecular flexibility index (Phi) is 5.63. The number of aryl methyl sites for hydroxylation is 2. The van der Waals surface area contributed by atoms with Gasteiger partial charge in [-0.2, -0.15) is 0 Å². The number of carbonyl (C=O) groups excluding carboxylic acids is 3. The molecule has 2 N–H and O–H groups in total. The molecular weight excluding hydrogens is 392 g/mol. The first-order chi connectivity index (χ1) is 14.8. The fourth-order valence-corrected chi connectivity index (χ4v) is 4.23. The van der Waals surface area contributed by atoms with E-state index in [1.807, 2.05) is 31.2 Å². The first kappa shape index (κ1) is 20.8. The van der Waals surface area contributed by atoms with Gasteiger partial charge in [0.25, 0.3) is 5.91 Å². The summed E-state index contributed by atoms with van der Waals surface area (Å²) >= 11 is 0. The minimum atomic E-state index is -0.471. The zero-order valence-corrected chi connectivity index (χ0v) is 17.6. The first-order valence-corrected chi connectivity index (χ1v) is 10.5. The van der Waals surface area contributed by atoms with E-state index in [1.165, 1.54) is 0 Å². The standard InChI is InChI=1S/C25H26N2O4/c1-15-3-5-18(13-23(15)29)12-20(28)8-6-17-7-9-21-19(11-17)14-27(25(21)31)22-10-4-16(2)26-24(22)30/h3,5,7,9,11,13,22,29H,2,4,6,8,10,12,14H2,1H3,(H,26,30). The Morgan fingerprint density at radius 3 is 2.71 bits per heavy atom. The molecular formula is C25H26N2O4. The fourth-order valence-electron chi connectivity index (χ4n) is 4.23. The summed E-state index contributed by atoms with van der Waals surface area (Å²) in [5.74, 6) is 0.00417. The van der Waals surface area contributed by atoms with Gasteiger partial charge in [0.2, 0.25) is 5.91 Å². The number of nitrogens with zero attached hydrogens (tertiary/aromatic N) is 1. The molecule has 0 aromatic heterocycles. The zero-order chi connectivity index (χ0) is 22.1. The van der Waals surface area contributed by atoms with Crippen LogP contribution in [0.25, 0.3) is 0 Å². The summed E-state index contributed by atoms with van der Waals surface area (Å²) in [7, 11) is 0. The normalized spacial score (nSPS) is 18.2. The average Bonchev–Trinajstić information content (AvgIpc) is 3.05. The predicted octanol–water partition coefficient (Wildman–Crippen LogP) is 3.19. The molecule has 31 heavy (non-hydrogen) atoms. The van der Waals surface area contributed by atoms with Gasteiger partial charge in [-0.3, -0.25) is 14.4 Å². The Labute approximate surface area is 181 Å². The second-order valence-corrected chi connectivity index (χ2v) is 8.41. The Balaban J connectivity index is 1.38. The number of phenols is 1. The van der Waals surface area contributed by atoms with Crippen molar-refractivity contribution in [3.05, 3.63) is 76.5 Å². The van der Waals surface area contributed by atoms with Crippen molar-refractivity contribution in [1.29, 1.82) is 0 Å². The van der Waals surface area contributed by atoms with Crippen LogP contribution in [0.1, 0.15) is 51.9 Å². The van der Waals surface area contributed by atoms with E-state index in [9.17, 15) is 19.5 Å². The van der Waals surface area contributed by atoms with Crippen LogP contribution >= 0.6 is 0 Å². The van der Waals surface area contributed by atoms with Crippen molar-refractivity contribution in [3.63, 3.8) is 0 Å². The Bertz CT molecular complexity index is 1090. The molecule has 2 aromatic carbocycles. The van der Waals surface area contributed by atoms with Crippen LogP contribution in [-0.2, 0) is 29.0 Å². The number of phenolic OH excluding ortho intramolecular Hbond substituents is 1. The highest BCUT2D eigenvalue weighted by atomic mass is 16.3. The second kappa shape index (κ2) is 8.38. The summed E-state index contributed by atoms with van der Waals surface area (Å²) in [6, 6.07) is 10.5. The molecule has 6 nitrogen and oxygen atoms in total. The number of ketones is 1. The lowest BCUT2D eigenvalue weighted by Crippen LogP contribution is -2.49. The maximum atomic E-state index is 12.8. The maximum absolute atomic E-state index is 12.8. The minimum Gasteiger partial charge on any atom is -0.508 e. The average molecular weight is 418 g/mol. The summed E-state index contributed by atoms with van der Waals surface area (Å²) in [6.45, 7) is 6.01. The van der Waals surface area contributed by atoms with Crippen LogP contribution in [-0.4, -0.2) is 33.6 Å². The molecule has 0 radical (unpaired) electrons. The van der Waals surface area contributed by atoms with Gasteiger partial charge in [0, 0.05) is 30.6 Å². The third-order valence-corrected chi connectivity index (χ3v) is 6.07. The Morgan fingerprint density at radius 2 is 1.97 bits per heavy atom. The number of nitrogens with one attached hydrogen (secondary N) is 1. The van der Waals surface area contributed by atoms with E-state index in [2.05, 4.69) is 11.9 Å². The number of Topliss-reactive ketones (excluding diaryl/α,β-unsaturated/α-hetero) is 1. The van der Waals surface area contributed by atoms with Crippen LogP contribution in [0.2, 0.25) is 0 Å². The van der Waals surface area contributed by atoms with Crippen molar-refractivity contribution < 1.29 is 19.5 Å². The molecule has 2 aromatic rings. The molecule has 1 saturated heterocycles. The molecule has 1 unspecified atom stereocenters. The predicted molar refractivity (Wildman–Crippen MR) is 116 cm³/mol. The third-order valence-electron chi connectivity index (χ3n) is 6.07. The van der Waals surface area contributed by atoms with E-state index in [1.54, 1.807) is 17.0 Å². The number of benzene rings is 2. The van der Waals surface area contributed by atoms with Crippen LogP contribution in [0.4, 0.5) is 0 Å². The lowest BCUT2D eigenvalue weighted by molar-refractivity contribution is -0.126. The number of amides is 2. The van der Waals surface area contributed by atoms with E-state index >= 15 is 0 Å². The lowest BCUT2D eigenvalue weighted by Gasteiger charge is -2.30. The van der Waals surface area contributed by atoms with E-state index in [4.69, 9.17) is 0 Å². The molecule has 1 fully saturated rings. The molecule has 0 aliphatic carbocycles. The molecule has 0 spiro atoms. The highest BCUT2D eigenvalue weighted by Gasteiger charge is 2.38. The number of carbonyl (C=O) groups is 3. The van der Waals surface area contributed by atoms with Crippen molar-refractivity contribution in [2.45, 2.75) is 51.6 Å². The van der Waals surface area contributed by atoms with Crippen molar-refractivity contribution in [3.8, 4) is 5.75 Å². The van der Waals surface area contributed by atoms with Crippen LogP contribution in [0, 0.1) is 6.92 Å². The lowest BCUT2D eigenvalue weighted by atomic mass is 9.99. The van der Waals surface area contributed by atoms with Gasteiger partial charge in [-0.25, -0.2) is 0 Å². The van der Waals surface area contributed by atoms with Gasteiger partial charge in [0.1, 0.15) is 17.6 Å². The number of rotatable bonds is 6. The minimum absolute atomic E-state index is 0.0977. The molecule has 0 bridgehead atoms. The first-order valence-electron chi connectivity index (χ1n) is 10.5. The third kappa shape index (κ3) is 4.38. The zero-order valence-electron chi connectivity index (χ0n) is 17.6. The van der Waals surface area contributed by atoms with Crippen molar-refractivity contribution in [1.82, 2.24) is 10.2 Å². The fraction of sp³-hybridized carbons (Fsp3) is 0.320. The van der Waals surface area contributed by atoms with Gasteiger partial charge < -0.3 is 15.3 Å². The molecule has 4 rings (SSSR count). The van der Waals surface area contributed by atoms with Gasteiger partial charge in [0.15, 0.2) is 0 Å². The van der Waals surface area contributed by atoms with Crippen LogP contribution in [0.5, 0.6) is 5.75 Å². The van der Waals surface area contributed by atoms with Crippen LogP contribution in [0.3, 0.4) is 0 Å². The number of allylic oxidation sites excluding steroid dienone is 1. The van der Waals surface area contributed by atoms with Crippen LogP contribution in [0.15, 0.2) is 48.7 Å². The van der Waals surface area contributed by atoms with E-state index < -0.39 is 6.04 Å². The molecule has 2 amide bonds. The summed E-state index contributed by atoms with van der Waals surface area (Å²) < 4.78 is 0. The van der Waals surface area contributed by atoms with E-state index in [0.717, 1.165) is 22.3 Å². The maximum Gasteiger partial charge on any atom is 0.255 e. The van der Waals surface area contributed by atoms with E-state index in [-0.39, 0.29) is 29.8 Å². The van der Waals surface area contributed by atoms with Gasteiger partial charge in [-0.05, 0) is 60.6 Å². The number of fused-ring (bicyclic) bond motifs is 1. The van der Waals surface area contributed by atoms with Gasteiger partial charge >= 0.3 is 0 Å². The molecule has 2 aliphatic heterocycles. The smallest absolute Gasteiger partial charge is 0.255 e. The summed E-state index contributed by atoms with van der Waals surface area (Å²) in [5, 5.41) is 12.5. The molecule has 6 heteroatoms. The number of piperidine rings is 1. The highest BCUT2D eigenvalue weighted by Crippen LogP contribution is 2.29. The molecule has 0 saturated carbocycles. The number of aromatic hydroxyl groups is 1. The highest BCUT2D eigenvalue weighted by molar-refractivity contribution is 6.01. The Morgan fingerprint density at radius 1 is 1.19 bits per heavy atom. The van der Waals surface area contributed by atoms with Crippen LogP contribution < -0.4 is 5.32 Å². The van der Waals surface area contributed by atoms with Crippen molar-refractivity contribution in [2.24, 2.45) is 0 Å². The monoisotopic (exact) mass is 418 g/mol. The Hall–Kier alpha value is -3.41. The quantitative estimate of drug-likeness (QED) is 0.754. The number of hydrogen-bond acceptors (Lipinski definition) is 4. The summed E-state index contributed by atoms with van der Waals surface area (Å²) in [5.41, 5.74) is 4.80. The van der Waals surface area contributed by atoms with Crippen molar-refractivity contribution >= 4 is 17.6 Å².